The van der Waals surface area contributed by atoms with Crippen LogP contribution in [0.3, 0.4) is 0 Å². The fourth-order valence-corrected chi connectivity index (χ4v) is 6.87. The van der Waals surface area contributed by atoms with Gasteiger partial charge in [0.1, 0.15) is 5.60 Å². The van der Waals surface area contributed by atoms with Crippen LogP contribution in [0.2, 0.25) is 0 Å². The van der Waals surface area contributed by atoms with Gasteiger partial charge in [0.2, 0.25) is 0 Å². The van der Waals surface area contributed by atoms with Crippen LogP contribution in [-0.4, -0.2) is 29.3 Å². The van der Waals surface area contributed by atoms with Gasteiger partial charge >= 0.3 is 0 Å². The highest BCUT2D eigenvalue weighted by atomic mass is 16.6. The number of hydrogen-bond acceptors (Lipinski definition) is 3. The lowest BCUT2D eigenvalue weighted by Crippen LogP contribution is -2.46. The molecule has 158 valence electrons. The van der Waals surface area contributed by atoms with Crippen LogP contribution < -0.4 is 5.32 Å². The van der Waals surface area contributed by atoms with E-state index in [1.807, 2.05) is 0 Å². The molecule has 4 aromatic rings. The molecular weight excluding hydrogens is 400 g/mol. The Balaban J connectivity index is 1.69. The number of carbonyl (C=O) groups excluding carboxylic acids is 1. The molecule has 0 spiro atoms. The quantitative estimate of drug-likeness (QED) is 0.444. The van der Waals surface area contributed by atoms with E-state index in [4.69, 9.17) is 9.47 Å². The molecule has 3 aliphatic heterocycles. The zero-order valence-electron chi connectivity index (χ0n) is 18.0. The third-order valence-electron chi connectivity index (χ3n) is 7.97. The summed E-state index contributed by atoms with van der Waals surface area (Å²) < 4.78 is 15.5. The molecule has 5 nitrogen and oxygen atoms in total. The minimum absolute atomic E-state index is 0.0157. The van der Waals surface area contributed by atoms with Gasteiger partial charge in [0.05, 0.1) is 29.8 Å². The summed E-state index contributed by atoms with van der Waals surface area (Å²) in [6.45, 7) is 5.94. The summed E-state index contributed by atoms with van der Waals surface area (Å²) in [5.41, 5.74) is 9.79. The minimum Gasteiger partial charge on any atom is -0.374 e. The smallest absolute Gasteiger partial charge is 0.252 e. The van der Waals surface area contributed by atoms with Crippen molar-refractivity contribution in [2.75, 3.05) is 13.2 Å². The maximum atomic E-state index is 13.2. The Morgan fingerprint density at radius 2 is 2.03 bits per heavy atom. The van der Waals surface area contributed by atoms with Gasteiger partial charge in [-0.3, -0.25) is 4.79 Å². The molecule has 4 heterocycles. The molecule has 1 saturated heterocycles. The first-order chi connectivity index (χ1) is 15.6. The van der Waals surface area contributed by atoms with E-state index in [1.165, 1.54) is 33.0 Å². The van der Waals surface area contributed by atoms with Crippen LogP contribution in [0.15, 0.2) is 42.5 Å². The molecule has 0 saturated carbocycles. The summed E-state index contributed by atoms with van der Waals surface area (Å²) in [5.74, 6) is 0.0497. The van der Waals surface area contributed by atoms with E-state index < -0.39 is 5.60 Å². The molecule has 8 rings (SSSR count). The lowest BCUT2D eigenvalue weighted by molar-refractivity contribution is -0.217. The Bertz CT molecular complexity index is 1550. The van der Waals surface area contributed by atoms with Crippen LogP contribution in [0.1, 0.15) is 51.7 Å². The number of para-hydroxylation sites is 1. The number of benzene rings is 3. The molecule has 1 N–H and O–H groups in total. The van der Waals surface area contributed by atoms with Gasteiger partial charge in [-0.15, -0.1) is 0 Å². The van der Waals surface area contributed by atoms with Crippen molar-refractivity contribution >= 4 is 27.7 Å². The Morgan fingerprint density at radius 1 is 1.16 bits per heavy atom. The normalized spacial score (nSPS) is 26.9. The first-order valence-corrected chi connectivity index (χ1v) is 11.3. The van der Waals surface area contributed by atoms with Gasteiger partial charge in [-0.25, -0.2) is 0 Å². The molecule has 3 unspecified atom stereocenters. The average Bonchev–Trinajstić information content (AvgIpc) is 3.41. The predicted octanol–water partition coefficient (Wildman–Crippen LogP) is 4.78. The van der Waals surface area contributed by atoms with Crippen molar-refractivity contribution < 1.29 is 14.3 Å². The van der Waals surface area contributed by atoms with Crippen LogP contribution >= 0.6 is 0 Å². The van der Waals surface area contributed by atoms with Crippen molar-refractivity contribution in [2.24, 2.45) is 0 Å². The zero-order valence-corrected chi connectivity index (χ0v) is 18.0. The molecule has 32 heavy (non-hydrogen) atoms. The number of fused-ring (bicyclic) bond motifs is 13. The fourth-order valence-electron chi connectivity index (χ4n) is 6.87. The molecule has 2 bridgehead atoms. The number of ether oxygens (including phenoxy) is 2. The Kier molecular flexibility index (Phi) is 2.95. The maximum Gasteiger partial charge on any atom is 0.252 e. The molecule has 3 aromatic carbocycles. The van der Waals surface area contributed by atoms with E-state index in [0.29, 0.717) is 19.8 Å². The van der Waals surface area contributed by atoms with Crippen LogP contribution in [0.5, 0.6) is 0 Å². The minimum atomic E-state index is -0.507. The van der Waals surface area contributed by atoms with E-state index in [2.05, 4.69) is 66.2 Å². The second-order valence-corrected chi connectivity index (χ2v) is 9.86. The van der Waals surface area contributed by atoms with Gasteiger partial charge in [0.15, 0.2) is 6.23 Å². The van der Waals surface area contributed by atoms with Gasteiger partial charge in [0, 0.05) is 28.8 Å². The molecule has 4 aliphatic rings. The average molecular weight is 422 g/mol. The summed E-state index contributed by atoms with van der Waals surface area (Å²) in [7, 11) is 0. The summed E-state index contributed by atoms with van der Waals surface area (Å²) in [5, 5.41) is 5.51. The van der Waals surface area contributed by atoms with Crippen molar-refractivity contribution in [3.8, 4) is 11.1 Å². The topological polar surface area (TPSA) is 52.5 Å². The van der Waals surface area contributed by atoms with Crippen molar-refractivity contribution in [1.82, 2.24) is 9.88 Å². The van der Waals surface area contributed by atoms with Crippen molar-refractivity contribution in [3.05, 3.63) is 70.3 Å². The number of nitrogens with one attached hydrogen (secondary N) is 1. The molecule has 1 amide bonds. The second-order valence-electron chi connectivity index (χ2n) is 9.86. The van der Waals surface area contributed by atoms with Crippen LogP contribution in [0.25, 0.3) is 32.9 Å². The lowest BCUT2D eigenvalue weighted by Gasteiger charge is -2.41. The van der Waals surface area contributed by atoms with E-state index in [-0.39, 0.29) is 18.1 Å². The van der Waals surface area contributed by atoms with E-state index in [9.17, 15) is 4.79 Å². The van der Waals surface area contributed by atoms with Crippen molar-refractivity contribution in [2.45, 2.75) is 38.1 Å². The Hall–Kier alpha value is -3.15. The largest absolute Gasteiger partial charge is 0.374 e. The SMILES string of the molecule is Cc1ccc2c(c1)C1c3c-2c2c(c4c5ccccc5n(c34)C3COCC1(C)O3)CNC2=O. The van der Waals surface area contributed by atoms with E-state index in [1.54, 1.807) is 0 Å². The molecule has 3 atom stereocenters. The molecule has 1 fully saturated rings. The van der Waals surface area contributed by atoms with Gasteiger partial charge in [-0.2, -0.15) is 0 Å². The van der Waals surface area contributed by atoms with Gasteiger partial charge in [-0.1, -0.05) is 42.0 Å². The first-order valence-electron chi connectivity index (χ1n) is 11.3. The van der Waals surface area contributed by atoms with Gasteiger partial charge in [-0.05, 0) is 42.2 Å². The molecular formula is C27H22N2O3. The van der Waals surface area contributed by atoms with E-state index in [0.717, 1.165) is 27.8 Å². The maximum absolute atomic E-state index is 13.2. The molecule has 1 aromatic heterocycles. The summed E-state index contributed by atoms with van der Waals surface area (Å²) >= 11 is 0. The Morgan fingerprint density at radius 3 is 2.94 bits per heavy atom. The predicted molar refractivity (Wildman–Crippen MR) is 122 cm³/mol. The number of nitrogens with zero attached hydrogens (tertiary/aromatic N) is 1. The highest BCUT2D eigenvalue weighted by molar-refractivity contribution is 6.20. The van der Waals surface area contributed by atoms with Crippen molar-refractivity contribution in [3.63, 3.8) is 0 Å². The number of amides is 1. The van der Waals surface area contributed by atoms with Gasteiger partial charge < -0.3 is 19.4 Å². The van der Waals surface area contributed by atoms with E-state index >= 15 is 0 Å². The first kappa shape index (κ1) is 17.4. The monoisotopic (exact) mass is 422 g/mol. The second kappa shape index (κ2) is 5.42. The standard InChI is InChI=1S/C27H22N2O3/c1-13-7-8-14-16(9-13)24-23-21(14)22-17(10-28-26(22)30)20-15-5-3-4-6-18(15)29(25(20)23)19-11-31-12-27(24,2)32-19/h3-9,19,24H,10-12H2,1-2H3,(H,28,30). The molecule has 0 radical (unpaired) electrons. The molecule has 5 heteroatoms. The fraction of sp³-hybridized carbons (Fsp3) is 0.296. The summed E-state index contributed by atoms with van der Waals surface area (Å²) in [6, 6.07) is 15.1. The molecule has 1 aliphatic carbocycles. The number of hydrogen-bond donors (Lipinski definition) is 1. The van der Waals surface area contributed by atoms with Gasteiger partial charge in [0.25, 0.3) is 5.91 Å². The van der Waals surface area contributed by atoms with Crippen LogP contribution in [0.4, 0.5) is 0 Å². The van der Waals surface area contributed by atoms with Crippen molar-refractivity contribution in [1.29, 1.82) is 0 Å². The highest BCUT2D eigenvalue weighted by Gasteiger charge is 2.53. The summed E-state index contributed by atoms with van der Waals surface area (Å²) in [4.78, 5) is 13.2. The van der Waals surface area contributed by atoms with Crippen LogP contribution in [-0.2, 0) is 16.0 Å². The number of aryl methyl sites for hydroxylation is 1. The lowest BCUT2D eigenvalue weighted by atomic mass is 9.80. The zero-order chi connectivity index (χ0) is 21.4. The number of aromatic nitrogens is 1. The third-order valence-corrected chi connectivity index (χ3v) is 7.97. The van der Waals surface area contributed by atoms with Crippen LogP contribution in [0, 0.1) is 6.92 Å². The third kappa shape index (κ3) is 1.80. The Labute approximate surface area is 184 Å². The highest BCUT2D eigenvalue weighted by Crippen LogP contribution is 2.60. The number of carbonyl (C=O) groups is 1. The summed E-state index contributed by atoms with van der Waals surface area (Å²) in [6.07, 6.45) is -0.192. The number of rotatable bonds is 0.